The number of hydrogen-bond donors (Lipinski definition) is 0. The average molecular weight is 1110 g/mol. The first kappa shape index (κ1) is 75.3. The van der Waals surface area contributed by atoms with Crippen LogP contribution in [0.1, 0.15) is 284 Å². The van der Waals surface area contributed by atoms with E-state index in [9.17, 15) is 14.4 Å². The molecule has 0 aromatic heterocycles. The number of carbonyl (C=O) groups excluding carboxylic acids is 3. The van der Waals surface area contributed by atoms with Gasteiger partial charge in [-0.15, -0.1) is 0 Å². The predicted molar refractivity (Wildman–Crippen MR) is 348 cm³/mol. The standard InChI is InChI=1S/C74H120O6/c1-4-7-10-13-16-19-22-25-27-28-29-30-31-32-33-34-35-36-37-38-39-40-41-42-43-44-45-46-47-50-52-55-58-61-64-67-73(76)79-70-71(69-78-72(75)66-63-60-57-54-51-48-24-21-18-15-12-9-6-3)80-74(77)68-65-62-59-56-53-49-26-23-20-17-14-11-8-5-2/h7,9-10,12,14,16-19,21,23,25-27,29-30,32-33,35-36,48,51,57,60,71H,4-6,8,11,13,15,20,22,24,28,31,34,37-47,49-50,52-56,58-59,61-70H2,1-3H3/b10-7-,12-9-,17-14-,19-16-,21-18-,26-23-,27-25-,30-29-,33-32-,36-35-,51-48-,60-57-. The first-order valence-corrected chi connectivity index (χ1v) is 32.8. The summed E-state index contributed by atoms with van der Waals surface area (Å²) in [6, 6.07) is 0. The van der Waals surface area contributed by atoms with Gasteiger partial charge in [-0.2, -0.15) is 0 Å². The zero-order chi connectivity index (χ0) is 57.8. The topological polar surface area (TPSA) is 78.9 Å². The van der Waals surface area contributed by atoms with Gasteiger partial charge in [-0.1, -0.05) is 289 Å². The van der Waals surface area contributed by atoms with Gasteiger partial charge >= 0.3 is 17.9 Å². The maximum atomic E-state index is 12.9. The van der Waals surface area contributed by atoms with Gasteiger partial charge in [0.05, 0.1) is 0 Å². The Kier molecular flexibility index (Phi) is 62.9. The van der Waals surface area contributed by atoms with Gasteiger partial charge in [0.25, 0.3) is 0 Å². The SMILES string of the molecule is CC/C=C\C/C=C\C/C=C\C/C=C\C/C=C\C/C=C\CCCCCCCCCCCCCCCCCCC(=O)OCC(COC(=O)CC/C=C\C/C=C\C/C=C\C/C=C\CC)OC(=O)CCCCCCC/C=C\C/C=C\CCCC. The molecule has 0 radical (unpaired) electrons. The fraction of sp³-hybridized carbons (Fsp3) is 0.635. The van der Waals surface area contributed by atoms with Crippen LogP contribution in [-0.2, 0) is 28.6 Å². The molecule has 0 aromatic rings. The van der Waals surface area contributed by atoms with Gasteiger partial charge in [0.15, 0.2) is 6.10 Å². The molecule has 6 nitrogen and oxygen atoms in total. The second-order valence-corrected chi connectivity index (χ2v) is 21.3. The summed E-state index contributed by atoms with van der Waals surface area (Å²) < 4.78 is 16.8. The van der Waals surface area contributed by atoms with Crippen molar-refractivity contribution in [3.63, 3.8) is 0 Å². The lowest BCUT2D eigenvalue weighted by molar-refractivity contribution is -0.166. The highest BCUT2D eigenvalue weighted by Crippen LogP contribution is 2.16. The molecule has 0 bridgehead atoms. The molecule has 0 N–H and O–H groups in total. The zero-order valence-corrected chi connectivity index (χ0v) is 51.8. The zero-order valence-electron chi connectivity index (χ0n) is 51.8. The minimum Gasteiger partial charge on any atom is -0.462 e. The van der Waals surface area contributed by atoms with E-state index in [1.165, 1.54) is 109 Å². The lowest BCUT2D eigenvalue weighted by Gasteiger charge is -2.18. The van der Waals surface area contributed by atoms with Crippen molar-refractivity contribution in [2.45, 2.75) is 290 Å². The highest BCUT2D eigenvalue weighted by molar-refractivity contribution is 5.71. The molecule has 0 fully saturated rings. The van der Waals surface area contributed by atoms with Crippen molar-refractivity contribution in [1.29, 1.82) is 0 Å². The summed E-state index contributed by atoms with van der Waals surface area (Å²) in [5.41, 5.74) is 0. The molecule has 452 valence electrons. The van der Waals surface area contributed by atoms with Crippen molar-refractivity contribution in [2.24, 2.45) is 0 Å². The summed E-state index contributed by atoms with van der Waals surface area (Å²) in [5, 5.41) is 0. The number of ether oxygens (including phenoxy) is 3. The Morgan fingerprint density at radius 2 is 0.512 bits per heavy atom. The van der Waals surface area contributed by atoms with Gasteiger partial charge < -0.3 is 14.2 Å². The second-order valence-electron chi connectivity index (χ2n) is 21.3. The molecule has 0 spiro atoms. The molecule has 80 heavy (non-hydrogen) atoms. The number of rotatable bonds is 58. The van der Waals surface area contributed by atoms with E-state index in [4.69, 9.17) is 14.2 Å². The smallest absolute Gasteiger partial charge is 0.306 e. The van der Waals surface area contributed by atoms with Crippen molar-refractivity contribution in [2.75, 3.05) is 13.2 Å². The van der Waals surface area contributed by atoms with E-state index in [-0.39, 0.29) is 37.5 Å². The largest absolute Gasteiger partial charge is 0.462 e. The normalized spacial score (nSPS) is 13.1. The van der Waals surface area contributed by atoms with Gasteiger partial charge in [0.2, 0.25) is 0 Å². The predicted octanol–water partition coefficient (Wildman–Crippen LogP) is 22.7. The van der Waals surface area contributed by atoms with Crippen LogP contribution in [0.15, 0.2) is 146 Å². The third kappa shape index (κ3) is 64.1. The van der Waals surface area contributed by atoms with Crippen molar-refractivity contribution in [3.8, 4) is 0 Å². The Hall–Kier alpha value is -4.71. The Morgan fingerprint density at radius 3 is 0.838 bits per heavy atom. The van der Waals surface area contributed by atoms with E-state index in [1.807, 2.05) is 6.08 Å². The van der Waals surface area contributed by atoms with Crippen LogP contribution in [0.25, 0.3) is 0 Å². The van der Waals surface area contributed by atoms with E-state index >= 15 is 0 Å². The van der Waals surface area contributed by atoms with Crippen LogP contribution in [0, 0.1) is 0 Å². The fourth-order valence-electron chi connectivity index (χ4n) is 8.71. The Balaban J connectivity index is 4.19. The van der Waals surface area contributed by atoms with Crippen molar-refractivity contribution < 1.29 is 28.6 Å². The Bertz CT molecular complexity index is 1750. The lowest BCUT2D eigenvalue weighted by atomic mass is 10.0. The quantitative estimate of drug-likeness (QED) is 0.0261. The molecular formula is C74H120O6. The first-order chi connectivity index (χ1) is 39.5. The van der Waals surface area contributed by atoms with E-state index in [0.717, 1.165) is 128 Å². The molecule has 0 aliphatic carbocycles. The van der Waals surface area contributed by atoms with Gasteiger partial charge in [-0.3, -0.25) is 14.4 Å². The number of esters is 3. The average Bonchev–Trinajstić information content (AvgIpc) is 3.46. The van der Waals surface area contributed by atoms with Crippen LogP contribution < -0.4 is 0 Å². The fourth-order valence-corrected chi connectivity index (χ4v) is 8.71. The number of hydrogen-bond acceptors (Lipinski definition) is 6. The summed E-state index contributed by atoms with van der Waals surface area (Å²) in [7, 11) is 0. The summed E-state index contributed by atoms with van der Waals surface area (Å²) in [6.07, 6.45) is 96.1. The van der Waals surface area contributed by atoms with E-state index < -0.39 is 6.10 Å². The number of unbranched alkanes of at least 4 members (excludes halogenated alkanes) is 23. The van der Waals surface area contributed by atoms with Gasteiger partial charge in [0.1, 0.15) is 13.2 Å². The van der Waals surface area contributed by atoms with Crippen LogP contribution in [-0.4, -0.2) is 37.2 Å². The molecule has 0 saturated heterocycles. The van der Waals surface area contributed by atoms with Gasteiger partial charge in [-0.05, 0) is 122 Å². The minimum absolute atomic E-state index is 0.108. The van der Waals surface area contributed by atoms with Crippen molar-refractivity contribution in [1.82, 2.24) is 0 Å². The molecule has 0 rings (SSSR count). The molecule has 1 unspecified atom stereocenters. The maximum Gasteiger partial charge on any atom is 0.306 e. The monoisotopic (exact) mass is 1100 g/mol. The van der Waals surface area contributed by atoms with E-state index in [1.54, 1.807) is 0 Å². The Labute approximate surface area is 493 Å². The van der Waals surface area contributed by atoms with E-state index in [0.29, 0.717) is 19.3 Å². The first-order valence-electron chi connectivity index (χ1n) is 32.8. The molecule has 0 aliphatic heterocycles. The van der Waals surface area contributed by atoms with Crippen LogP contribution in [0.3, 0.4) is 0 Å². The molecule has 1 atom stereocenters. The molecule has 0 aromatic carbocycles. The minimum atomic E-state index is -0.818. The van der Waals surface area contributed by atoms with Crippen LogP contribution in [0.5, 0.6) is 0 Å². The third-order valence-corrected chi connectivity index (χ3v) is 13.6. The van der Waals surface area contributed by atoms with E-state index in [2.05, 4.69) is 161 Å². The summed E-state index contributed by atoms with van der Waals surface area (Å²) in [4.78, 5) is 38.2. The van der Waals surface area contributed by atoms with Gasteiger partial charge in [0, 0.05) is 19.3 Å². The van der Waals surface area contributed by atoms with Crippen LogP contribution in [0.4, 0.5) is 0 Å². The second kappa shape index (κ2) is 66.8. The Morgan fingerprint density at radius 1 is 0.263 bits per heavy atom. The third-order valence-electron chi connectivity index (χ3n) is 13.6. The molecule has 6 heteroatoms. The highest BCUT2D eigenvalue weighted by atomic mass is 16.6. The van der Waals surface area contributed by atoms with Crippen molar-refractivity contribution in [3.05, 3.63) is 146 Å². The molecule has 0 saturated carbocycles. The van der Waals surface area contributed by atoms with Crippen LogP contribution >= 0.6 is 0 Å². The lowest BCUT2D eigenvalue weighted by Crippen LogP contribution is -2.30. The summed E-state index contributed by atoms with van der Waals surface area (Å²) in [6.45, 7) is 6.29. The highest BCUT2D eigenvalue weighted by Gasteiger charge is 2.19. The molecular weight excluding hydrogens is 985 g/mol. The summed E-state index contributed by atoms with van der Waals surface area (Å²) in [5.74, 6) is -1.01. The number of carbonyl (C=O) groups is 3. The van der Waals surface area contributed by atoms with Crippen molar-refractivity contribution >= 4 is 17.9 Å². The molecule has 0 amide bonds. The molecule has 0 heterocycles. The maximum absolute atomic E-state index is 12.9. The van der Waals surface area contributed by atoms with Crippen LogP contribution in [0.2, 0.25) is 0 Å². The number of allylic oxidation sites excluding steroid dienone is 24. The molecule has 0 aliphatic rings. The van der Waals surface area contributed by atoms with Gasteiger partial charge in [-0.25, -0.2) is 0 Å². The summed E-state index contributed by atoms with van der Waals surface area (Å²) >= 11 is 0.